The molecule has 4 N–H and O–H groups in total. The molecule has 1 aliphatic heterocycles. The van der Waals surface area contributed by atoms with Crippen molar-refractivity contribution >= 4 is 22.8 Å². The van der Waals surface area contributed by atoms with E-state index in [0.29, 0.717) is 12.2 Å². The monoisotopic (exact) mass is 315 g/mol. The second-order valence-electron chi connectivity index (χ2n) is 5.45. The molecule has 0 unspecified atom stereocenters. The van der Waals surface area contributed by atoms with Crippen LogP contribution in [0.25, 0.3) is 10.9 Å². The van der Waals surface area contributed by atoms with E-state index in [1.165, 1.54) is 0 Å². The van der Waals surface area contributed by atoms with Crippen molar-refractivity contribution in [2.75, 3.05) is 39.4 Å². The van der Waals surface area contributed by atoms with Crippen LogP contribution in [0.15, 0.2) is 35.3 Å². The highest BCUT2D eigenvalue weighted by molar-refractivity contribution is 6.06. The van der Waals surface area contributed by atoms with E-state index in [1.54, 1.807) is 6.07 Å². The number of fused-ring (bicyclic) bond motifs is 1. The third-order valence-electron chi connectivity index (χ3n) is 3.82. The first kappa shape index (κ1) is 15.5. The number of nitrogens with one attached hydrogen (secondary N) is 2. The molecule has 122 valence electrons. The van der Waals surface area contributed by atoms with Crippen LogP contribution >= 0.6 is 0 Å². The van der Waals surface area contributed by atoms with Crippen LogP contribution < -0.4 is 11.1 Å². The van der Waals surface area contributed by atoms with Gasteiger partial charge in [-0.2, -0.15) is 0 Å². The summed E-state index contributed by atoms with van der Waals surface area (Å²) in [6.07, 6.45) is 0. The van der Waals surface area contributed by atoms with Gasteiger partial charge in [-0.25, -0.2) is 0 Å². The summed E-state index contributed by atoms with van der Waals surface area (Å²) in [5, 5.41) is 3.60. The number of carbonyl (C=O) groups is 1. The van der Waals surface area contributed by atoms with Crippen LogP contribution in [-0.4, -0.2) is 61.1 Å². The molecule has 2 aromatic rings. The summed E-state index contributed by atoms with van der Waals surface area (Å²) < 4.78 is 5.29. The number of ether oxygens (including phenoxy) is 1. The number of aromatic amines is 1. The number of hydrogen-bond acceptors (Lipinski definition) is 4. The molecule has 0 bridgehead atoms. The molecular formula is C16H21N5O2. The molecule has 23 heavy (non-hydrogen) atoms. The van der Waals surface area contributed by atoms with Crippen molar-refractivity contribution in [1.29, 1.82) is 0 Å². The molecule has 3 rings (SSSR count). The summed E-state index contributed by atoms with van der Waals surface area (Å²) >= 11 is 0. The number of aliphatic imine (C=N–C) groups is 1. The molecule has 0 spiro atoms. The fraction of sp³-hybridized carbons (Fsp3) is 0.375. The molecule has 0 atom stereocenters. The smallest absolute Gasteiger partial charge is 0.274 e. The van der Waals surface area contributed by atoms with E-state index in [-0.39, 0.29) is 11.9 Å². The zero-order valence-corrected chi connectivity index (χ0v) is 12.9. The minimum absolute atomic E-state index is 0.141. The highest BCUT2D eigenvalue weighted by Gasteiger charge is 2.11. The van der Waals surface area contributed by atoms with Gasteiger partial charge in [0.2, 0.25) is 0 Å². The SMILES string of the molecule is NC(=NCCN1CCOCC1)NC(=O)c1cc2ccccc2[nH]1. The first-order valence-electron chi connectivity index (χ1n) is 7.71. The Morgan fingerprint density at radius 2 is 2.13 bits per heavy atom. The molecule has 2 heterocycles. The third-order valence-corrected chi connectivity index (χ3v) is 3.82. The number of aromatic nitrogens is 1. The maximum Gasteiger partial charge on any atom is 0.274 e. The summed E-state index contributed by atoms with van der Waals surface area (Å²) in [6, 6.07) is 9.52. The van der Waals surface area contributed by atoms with Gasteiger partial charge >= 0.3 is 0 Å². The molecule has 1 fully saturated rings. The Morgan fingerprint density at radius 3 is 2.91 bits per heavy atom. The van der Waals surface area contributed by atoms with Crippen LogP contribution in [0, 0.1) is 0 Å². The van der Waals surface area contributed by atoms with Crippen molar-refractivity contribution in [3.8, 4) is 0 Å². The molecule has 7 heteroatoms. The molecule has 1 aromatic heterocycles. The van der Waals surface area contributed by atoms with E-state index in [2.05, 4.69) is 20.2 Å². The average molecular weight is 315 g/mol. The molecule has 1 aromatic carbocycles. The molecule has 1 amide bonds. The second-order valence-corrected chi connectivity index (χ2v) is 5.45. The van der Waals surface area contributed by atoms with E-state index in [0.717, 1.165) is 43.8 Å². The van der Waals surface area contributed by atoms with Crippen molar-refractivity contribution < 1.29 is 9.53 Å². The van der Waals surface area contributed by atoms with Crippen LogP contribution in [0.3, 0.4) is 0 Å². The molecule has 1 saturated heterocycles. The van der Waals surface area contributed by atoms with E-state index >= 15 is 0 Å². The highest BCUT2D eigenvalue weighted by Crippen LogP contribution is 2.14. The lowest BCUT2D eigenvalue weighted by atomic mass is 10.2. The Hall–Kier alpha value is -2.38. The van der Waals surface area contributed by atoms with Crippen LogP contribution in [0.5, 0.6) is 0 Å². The number of para-hydroxylation sites is 1. The van der Waals surface area contributed by atoms with E-state index < -0.39 is 0 Å². The summed E-state index contributed by atoms with van der Waals surface area (Å²) in [5.41, 5.74) is 7.17. The molecular weight excluding hydrogens is 294 g/mol. The number of carbonyl (C=O) groups excluding carboxylic acids is 1. The first-order chi connectivity index (χ1) is 11.2. The summed E-state index contributed by atoms with van der Waals surface area (Å²) in [4.78, 5) is 21.7. The zero-order valence-electron chi connectivity index (χ0n) is 12.9. The van der Waals surface area contributed by atoms with E-state index in [1.807, 2.05) is 24.3 Å². The van der Waals surface area contributed by atoms with Gasteiger partial charge in [-0.05, 0) is 12.1 Å². The largest absolute Gasteiger partial charge is 0.379 e. The van der Waals surface area contributed by atoms with E-state index in [4.69, 9.17) is 10.5 Å². The normalized spacial score (nSPS) is 16.6. The lowest BCUT2D eigenvalue weighted by Crippen LogP contribution is -2.39. The number of morpholine rings is 1. The van der Waals surface area contributed by atoms with Crippen LogP contribution in [0.4, 0.5) is 0 Å². The Labute approximate surface area is 134 Å². The van der Waals surface area contributed by atoms with Gasteiger partial charge in [0, 0.05) is 30.5 Å². The average Bonchev–Trinajstić information content (AvgIpc) is 3.00. The summed E-state index contributed by atoms with van der Waals surface area (Å²) in [6.45, 7) is 4.71. The van der Waals surface area contributed by atoms with Crippen molar-refractivity contribution in [3.63, 3.8) is 0 Å². The van der Waals surface area contributed by atoms with Crippen LogP contribution in [0.1, 0.15) is 10.5 Å². The van der Waals surface area contributed by atoms with Crippen molar-refractivity contribution in [2.45, 2.75) is 0 Å². The molecule has 1 aliphatic rings. The standard InChI is InChI=1S/C16H21N5O2/c17-16(18-5-6-21-7-9-23-10-8-21)20-15(22)14-11-12-3-1-2-4-13(12)19-14/h1-4,11,19H,5-10H2,(H3,17,18,20,22). The molecule has 0 aliphatic carbocycles. The van der Waals surface area contributed by atoms with E-state index in [9.17, 15) is 4.79 Å². The van der Waals surface area contributed by atoms with Crippen molar-refractivity contribution in [2.24, 2.45) is 10.7 Å². The van der Waals surface area contributed by atoms with Gasteiger partial charge < -0.3 is 15.5 Å². The number of benzene rings is 1. The Morgan fingerprint density at radius 1 is 1.35 bits per heavy atom. The fourth-order valence-electron chi connectivity index (χ4n) is 2.56. The number of amides is 1. The van der Waals surface area contributed by atoms with Crippen LogP contribution in [-0.2, 0) is 4.74 Å². The number of nitrogens with zero attached hydrogens (tertiary/aromatic N) is 2. The summed E-state index contributed by atoms with van der Waals surface area (Å²) in [5.74, 6) is -0.143. The zero-order chi connectivity index (χ0) is 16.1. The Bertz CT molecular complexity index is 670. The lowest BCUT2D eigenvalue weighted by molar-refractivity contribution is 0.0394. The number of H-pyrrole nitrogens is 1. The Balaban J connectivity index is 1.52. The third kappa shape index (κ3) is 4.08. The van der Waals surface area contributed by atoms with Crippen LogP contribution in [0.2, 0.25) is 0 Å². The molecule has 0 saturated carbocycles. The lowest BCUT2D eigenvalue weighted by Gasteiger charge is -2.25. The number of guanidine groups is 1. The molecule has 0 radical (unpaired) electrons. The molecule has 7 nitrogen and oxygen atoms in total. The quantitative estimate of drug-likeness (QED) is 0.567. The topological polar surface area (TPSA) is 95.7 Å². The second kappa shape index (κ2) is 7.26. The predicted molar refractivity (Wildman–Crippen MR) is 89.5 cm³/mol. The number of hydrogen-bond donors (Lipinski definition) is 3. The van der Waals surface area contributed by atoms with Gasteiger partial charge in [0.05, 0.1) is 19.8 Å². The van der Waals surface area contributed by atoms with Gasteiger partial charge in [0.1, 0.15) is 5.69 Å². The maximum atomic E-state index is 12.2. The van der Waals surface area contributed by atoms with Crippen molar-refractivity contribution in [1.82, 2.24) is 15.2 Å². The van der Waals surface area contributed by atoms with Gasteiger partial charge in [-0.3, -0.25) is 20.0 Å². The fourth-order valence-corrected chi connectivity index (χ4v) is 2.56. The minimum atomic E-state index is -0.283. The maximum absolute atomic E-state index is 12.2. The predicted octanol–water partition coefficient (Wildman–Crippen LogP) is 0.545. The van der Waals surface area contributed by atoms with Crippen molar-refractivity contribution in [3.05, 3.63) is 36.0 Å². The number of nitrogens with two attached hydrogens (primary N) is 1. The van der Waals surface area contributed by atoms with Gasteiger partial charge in [0.15, 0.2) is 5.96 Å². The first-order valence-corrected chi connectivity index (χ1v) is 7.71. The summed E-state index contributed by atoms with van der Waals surface area (Å²) in [7, 11) is 0. The minimum Gasteiger partial charge on any atom is -0.379 e. The van der Waals surface area contributed by atoms with Gasteiger partial charge in [0.25, 0.3) is 5.91 Å². The Kier molecular flexibility index (Phi) is 4.89. The number of rotatable bonds is 4. The highest BCUT2D eigenvalue weighted by atomic mass is 16.5. The van der Waals surface area contributed by atoms with Gasteiger partial charge in [-0.15, -0.1) is 0 Å². The van der Waals surface area contributed by atoms with Gasteiger partial charge in [-0.1, -0.05) is 18.2 Å².